The van der Waals surface area contributed by atoms with Crippen molar-refractivity contribution in [1.29, 1.82) is 0 Å². The summed E-state index contributed by atoms with van der Waals surface area (Å²) in [6.45, 7) is 5.50. The fourth-order valence-electron chi connectivity index (χ4n) is 14.3. The number of ether oxygens (including phenoxy) is 6. The molecule has 2 fully saturated rings. The van der Waals surface area contributed by atoms with Crippen LogP contribution in [0, 0.1) is 5.92 Å². The maximum Gasteiger partial charge on any atom is 0.261 e. The number of carbonyl (C=O) groups is 9. The Kier molecular flexibility index (Phi) is 26.0. The third kappa shape index (κ3) is 18.5. The number of nitrogens with one attached hydrogen (secondary N) is 9. The van der Waals surface area contributed by atoms with E-state index in [-0.39, 0.29) is 65.7 Å². The van der Waals surface area contributed by atoms with Gasteiger partial charge in [0.05, 0.1) is 46.2 Å². The number of thiophene rings is 1. The van der Waals surface area contributed by atoms with E-state index in [1.165, 1.54) is 50.4 Å². The van der Waals surface area contributed by atoms with Gasteiger partial charge in [-0.2, -0.15) is 0 Å². The lowest BCUT2D eigenvalue weighted by molar-refractivity contribution is -0.333. The molecule has 0 saturated carbocycles. The van der Waals surface area contributed by atoms with E-state index in [0.717, 1.165) is 70.7 Å². The highest BCUT2D eigenvalue weighted by atomic mass is 35.5. The lowest BCUT2D eigenvalue weighted by Crippen LogP contribution is -2.64. The number of aliphatic hydroxyl groups is 6. The number of likely N-dealkylation sites (N-methyl/N-ethyl adjacent to an activating group) is 1. The van der Waals surface area contributed by atoms with Crippen LogP contribution in [-0.2, 0) is 52.6 Å². The maximum atomic E-state index is 16.3. The molecule has 14 rings (SSSR count). The highest BCUT2D eigenvalue weighted by Crippen LogP contribution is 2.50. The number of aliphatic hydroxyl groups excluding tert-OH is 6. The fourth-order valence-corrected chi connectivity index (χ4v) is 15.7. The van der Waals surface area contributed by atoms with Crippen LogP contribution < -0.4 is 73.5 Å². The summed E-state index contributed by atoms with van der Waals surface area (Å²) in [5, 5.41) is 129. The minimum atomic E-state index is -2.36. The minimum absolute atomic E-state index is 0.0211. The quantitative estimate of drug-likeness (QED) is 0.0547. The van der Waals surface area contributed by atoms with Crippen LogP contribution in [-0.4, -0.2) is 205 Å². The Morgan fingerprint density at radius 1 is 0.698 bits per heavy atom. The van der Waals surface area contributed by atoms with Gasteiger partial charge in [0.25, 0.3) is 5.91 Å². The molecule has 11 bridgehead atoms. The van der Waals surface area contributed by atoms with Crippen molar-refractivity contribution in [3.8, 4) is 57.1 Å². The summed E-state index contributed by atoms with van der Waals surface area (Å²) in [6.07, 6.45) is -18.6. The van der Waals surface area contributed by atoms with Crippen molar-refractivity contribution in [2.45, 2.75) is 163 Å². The summed E-state index contributed by atoms with van der Waals surface area (Å²) in [7, 11) is 1.48. The van der Waals surface area contributed by atoms with Gasteiger partial charge in [-0.15, -0.1) is 11.3 Å². The number of carbonyl (C=O) groups excluding carboxylic acids is 9. The van der Waals surface area contributed by atoms with Crippen LogP contribution in [0.1, 0.15) is 121 Å². The lowest BCUT2D eigenvalue weighted by Gasteiger charge is -2.47. The van der Waals surface area contributed by atoms with E-state index < -0.39 is 243 Å². The van der Waals surface area contributed by atoms with Crippen molar-refractivity contribution in [3.63, 3.8) is 0 Å². The molecular formula is C78H87Cl2N11O24S. The molecule has 116 heavy (non-hydrogen) atoms. The van der Waals surface area contributed by atoms with E-state index >= 15 is 19.2 Å². The van der Waals surface area contributed by atoms with Crippen LogP contribution in [0.5, 0.6) is 46.0 Å². The van der Waals surface area contributed by atoms with E-state index in [1.54, 1.807) is 6.07 Å². The molecule has 8 heterocycles. The Bertz CT molecular complexity index is 4930. The molecule has 35 nitrogen and oxygen atoms in total. The zero-order chi connectivity index (χ0) is 83.6. The highest BCUT2D eigenvalue weighted by molar-refractivity contribution is 7.20. The van der Waals surface area contributed by atoms with Gasteiger partial charge in [-0.05, 0) is 140 Å². The summed E-state index contributed by atoms with van der Waals surface area (Å²) in [6, 6.07) is 9.12. The van der Waals surface area contributed by atoms with Gasteiger partial charge in [0.1, 0.15) is 95.5 Å². The molecule has 1 aromatic heterocycles. The molecule has 22 N–H and O–H groups in total. The van der Waals surface area contributed by atoms with Crippen LogP contribution in [0.2, 0.25) is 10.0 Å². The summed E-state index contributed by atoms with van der Waals surface area (Å²) < 4.78 is 39.5. The second-order valence-electron chi connectivity index (χ2n) is 29.4. The number of phenolic OH excluding ortho intramolecular Hbond substituents is 3. The second-order valence-corrected chi connectivity index (χ2v) is 31.3. The van der Waals surface area contributed by atoms with Crippen molar-refractivity contribution in [3.05, 3.63) is 152 Å². The van der Waals surface area contributed by atoms with Crippen LogP contribution in [0.15, 0.2) is 109 Å². The molecule has 7 aliphatic heterocycles. The van der Waals surface area contributed by atoms with Gasteiger partial charge < -0.3 is 134 Å². The van der Waals surface area contributed by atoms with Gasteiger partial charge in [-0.1, -0.05) is 73.4 Å². The molecule has 2 saturated heterocycles. The van der Waals surface area contributed by atoms with Crippen LogP contribution in [0.3, 0.4) is 0 Å². The number of hydrogen-bond donors (Lipinski definition) is 20. The number of rotatable bonds is 18. The Balaban J connectivity index is 1.03. The number of fused-ring (bicyclic) bond motifs is 16. The van der Waals surface area contributed by atoms with Gasteiger partial charge in [-0.25, -0.2) is 0 Å². The monoisotopic (exact) mass is 1660 g/mol. The summed E-state index contributed by atoms with van der Waals surface area (Å²) >= 11 is 15.6. The third-order valence-corrected chi connectivity index (χ3v) is 22.1. The molecular weight excluding hydrogens is 1580 g/mol. The van der Waals surface area contributed by atoms with E-state index in [2.05, 4.69) is 47.9 Å². The molecule has 0 spiro atoms. The van der Waals surface area contributed by atoms with Crippen molar-refractivity contribution in [2.75, 3.05) is 26.7 Å². The van der Waals surface area contributed by atoms with E-state index in [9.17, 15) is 69.9 Å². The number of primary amides is 1. The zero-order valence-electron chi connectivity index (χ0n) is 62.7. The molecule has 18 atom stereocenters. The summed E-state index contributed by atoms with van der Waals surface area (Å²) in [5.74, 6) is -15.4. The number of nitrogens with two attached hydrogens (primary N) is 2. The Morgan fingerprint density at radius 2 is 1.34 bits per heavy atom. The number of halogens is 2. The molecule has 38 heteroatoms. The first-order valence-corrected chi connectivity index (χ1v) is 38.4. The molecule has 7 aliphatic rings. The predicted molar refractivity (Wildman–Crippen MR) is 413 cm³/mol. The molecule has 9 amide bonds. The highest BCUT2D eigenvalue weighted by Gasteiger charge is 2.52. The van der Waals surface area contributed by atoms with Crippen LogP contribution in [0.4, 0.5) is 0 Å². The molecule has 0 aliphatic carbocycles. The first-order chi connectivity index (χ1) is 55.1. The molecule has 0 radical (unpaired) electrons. The third-order valence-electron chi connectivity index (χ3n) is 20.4. The number of hydrogen-bond acceptors (Lipinski definition) is 27. The van der Waals surface area contributed by atoms with Crippen molar-refractivity contribution < 1.29 is 118 Å². The lowest BCUT2D eigenvalue weighted by atomic mass is 9.86. The number of benzene rings is 6. The Hall–Kier alpha value is -10.6. The van der Waals surface area contributed by atoms with Gasteiger partial charge in [0.2, 0.25) is 59.3 Å². The fraction of sp³-hybridized carbons (Fsp3) is 0.397. The smallest absolute Gasteiger partial charge is 0.261 e. The molecule has 618 valence electrons. The van der Waals surface area contributed by atoms with E-state index in [4.69, 9.17) is 63.1 Å². The second kappa shape index (κ2) is 35.5. The topological polar surface area (TPSA) is 551 Å². The summed E-state index contributed by atoms with van der Waals surface area (Å²) in [5.41, 5.74) is 8.43. The summed E-state index contributed by atoms with van der Waals surface area (Å²) in [4.78, 5) is 134. The van der Waals surface area contributed by atoms with Gasteiger partial charge in [-0.3, -0.25) is 43.2 Å². The first kappa shape index (κ1) is 84.8. The maximum absolute atomic E-state index is 16.3. The van der Waals surface area contributed by atoms with Crippen LogP contribution in [0.25, 0.3) is 21.2 Å². The molecule has 7 aromatic rings. The number of phenols is 3. The zero-order valence-corrected chi connectivity index (χ0v) is 65.0. The molecule has 6 aromatic carbocycles. The largest absolute Gasteiger partial charge is 0.508 e. The number of amides is 9. The van der Waals surface area contributed by atoms with E-state index in [1.807, 2.05) is 38.1 Å². The van der Waals surface area contributed by atoms with Gasteiger partial charge in [0.15, 0.2) is 23.9 Å². The van der Waals surface area contributed by atoms with Crippen molar-refractivity contribution >= 4 is 97.8 Å². The Labute approximate surface area is 675 Å². The predicted octanol–water partition coefficient (Wildman–Crippen LogP) is 2.17. The number of aromatic hydroxyl groups is 3. The van der Waals surface area contributed by atoms with E-state index in [0.29, 0.717) is 4.88 Å². The average molecular weight is 1670 g/mol. The minimum Gasteiger partial charge on any atom is -0.508 e. The first-order valence-electron chi connectivity index (χ1n) is 36.9. The van der Waals surface area contributed by atoms with Crippen molar-refractivity contribution in [1.82, 2.24) is 47.9 Å². The average Bonchev–Trinajstić information content (AvgIpc) is 0.856. The molecule has 3 unspecified atom stereocenters. The normalized spacial score (nSPS) is 27.1. The van der Waals surface area contributed by atoms with Gasteiger partial charge in [0, 0.05) is 46.9 Å². The van der Waals surface area contributed by atoms with Gasteiger partial charge >= 0.3 is 0 Å². The standard InChI is InChI=1S/C78H87Cl2N11O24S/c1-31(2)19-43(83-5)69(102)90-60-62(97)35-12-15-47(41(79)21-35)111-49-23-37-24-50(66(49)115-77-67(65(100)64(99)51(30-92)113-77)114-55-29-78(4,82)68(101)32(3)110-55)112-48-16-13-36(22-42(48)80)63(98)61-76(109)89-59(72(105)85-18-8-17-84-71(104)53-25-33-9-6-7-10-52(33)116-53)40-26-38(93)27-46(95)56(40)39-20-34(11-14-45(39)94)57(73(106)91-61)88-74(107)58(37)87-70(103)44(28-54(81)96)86-75(60)108/h6-7,9-16,20-27,31-32,43-44,51,55,57-65,67-68,77,83,92-95,97-101H,8,17-19,28-30,82H2,1-5H3,(H2,81,96)(H,84,104)(H,85,105)(H,86,108)(H,87,103)(H,88,107)(H,89,109)(H,90,102)(H,91,106)/t32-,43+,44-,51+,55?,57+,58?,59?,60+,61-,62+,63+,64+,65-,67+,68+,77-,78-/m0/s1. The van der Waals surface area contributed by atoms with Crippen molar-refractivity contribution in [2.24, 2.45) is 17.4 Å². The SMILES string of the molecule is CN[C@H](CC(C)C)C(=O)N[C@H]1C(=O)N[C@@H](CC(N)=O)C(=O)NC2C(=O)N[C@H]3C(=O)N[C@H](C(=O)NC(C(=O)NCCCNC(=O)c4cc5ccccc5s4)c4cc(O)cc(O)c4-c4cc3ccc4O)[C@H](O)c3ccc(c(Cl)c3)Oc3cc2cc(c3O[C@@H]2O[C@H](CO)[C@@H](O)[C@H](O)[C@H]2OC2C[C@](C)(N)[C@H](O)[C@H](C)O2)Oc2ccc(cc2Cl)[C@H]1O. The van der Waals surface area contributed by atoms with Crippen LogP contribution >= 0.6 is 34.5 Å². The Morgan fingerprint density at radius 3 is 1.97 bits per heavy atom.